The van der Waals surface area contributed by atoms with Gasteiger partial charge >= 0.3 is 0 Å². The van der Waals surface area contributed by atoms with Crippen LogP contribution in [-0.2, 0) is 11.8 Å². The molecule has 2 aromatic heterocycles. The summed E-state index contributed by atoms with van der Waals surface area (Å²) in [5.41, 5.74) is 2.46. The van der Waals surface area contributed by atoms with Gasteiger partial charge in [-0.1, -0.05) is 11.8 Å². The van der Waals surface area contributed by atoms with Crippen molar-refractivity contribution in [1.29, 1.82) is 0 Å². The molecule has 35 heavy (non-hydrogen) atoms. The van der Waals surface area contributed by atoms with Crippen LogP contribution in [0.5, 0.6) is 5.75 Å². The second kappa shape index (κ2) is 9.75. The molecule has 1 aliphatic heterocycles. The molecule has 0 saturated heterocycles. The molecular formula is C25H22FN5O3S. The molecule has 0 fully saturated rings. The molecule has 1 unspecified atom stereocenters. The number of carbonyl (C=O) groups excluding carboxylic acids is 1. The van der Waals surface area contributed by atoms with Gasteiger partial charge in [-0.2, -0.15) is 5.10 Å². The summed E-state index contributed by atoms with van der Waals surface area (Å²) in [5.74, 6) is 1.64. The van der Waals surface area contributed by atoms with Gasteiger partial charge in [-0.05, 0) is 66.2 Å². The van der Waals surface area contributed by atoms with Crippen molar-refractivity contribution in [2.24, 2.45) is 12.1 Å². The Labute approximate surface area is 205 Å². The van der Waals surface area contributed by atoms with E-state index in [2.05, 4.69) is 15.3 Å². The third-order valence-corrected chi connectivity index (χ3v) is 6.73. The normalized spacial score (nSPS) is 15.3. The number of thioether (sulfide) groups is 1. The predicted octanol–water partition coefficient (Wildman–Crippen LogP) is 4.69. The number of rotatable bonds is 7. The fourth-order valence-electron chi connectivity index (χ4n) is 3.88. The Hall–Kier alpha value is -3.92. The Kier molecular flexibility index (Phi) is 6.37. The maximum absolute atomic E-state index is 13.3. The van der Waals surface area contributed by atoms with Crippen molar-refractivity contribution < 1.29 is 18.3 Å². The van der Waals surface area contributed by atoms with Crippen LogP contribution in [0.3, 0.4) is 0 Å². The van der Waals surface area contributed by atoms with Crippen molar-refractivity contribution in [3.8, 4) is 17.1 Å². The van der Waals surface area contributed by atoms with Gasteiger partial charge in [0.25, 0.3) is 5.91 Å². The Bertz CT molecular complexity index is 1350. The monoisotopic (exact) mass is 491 g/mol. The van der Waals surface area contributed by atoms with Crippen LogP contribution in [0.25, 0.3) is 11.4 Å². The van der Waals surface area contributed by atoms with Gasteiger partial charge in [-0.25, -0.2) is 9.40 Å². The van der Waals surface area contributed by atoms with Crippen LogP contribution in [0.2, 0.25) is 0 Å². The number of amides is 1. The highest BCUT2D eigenvalue weighted by Crippen LogP contribution is 2.34. The molecule has 5 rings (SSSR count). The molecule has 0 radical (unpaired) electrons. The van der Waals surface area contributed by atoms with Crippen molar-refractivity contribution >= 4 is 23.4 Å². The topological polar surface area (TPSA) is 85.8 Å². The number of aromatic nitrogens is 3. The Morgan fingerprint density at radius 2 is 1.86 bits per heavy atom. The maximum Gasteiger partial charge on any atom is 0.253 e. The number of hydrogen-bond donors (Lipinski definition) is 0. The van der Waals surface area contributed by atoms with Crippen LogP contribution in [0.1, 0.15) is 23.8 Å². The number of benzene rings is 2. The van der Waals surface area contributed by atoms with E-state index in [1.54, 1.807) is 36.1 Å². The van der Waals surface area contributed by atoms with Crippen LogP contribution < -0.4 is 4.74 Å². The lowest BCUT2D eigenvalue weighted by Gasteiger charge is -2.19. The quantitative estimate of drug-likeness (QED) is 0.349. The van der Waals surface area contributed by atoms with E-state index < -0.39 is 0 Å². The van der Waals surface area contributed by atoms with Gasteiger partial charge in [-0.15, -0.1) is 10.2 Å². The SMILES string of the molecule is COc1ccc(C2=NN(C(=O)CSc3nnc(-c4ccc(F)cc4)n3C)C(c3ccco3)C2)cc1. The highest BCUT2D eigenvalue weighted by molar-refractivity contribution is 7.99. The number of halogens is 1. The fraction of sp³-hybridized carbons (Fsp3) is 0.200. The minimum absolute atomic E-state index is 0.117. The molecule has 0 spiro atoms. The molecule has 0 saturated carbocycles. The summed E-state index contributed by atoms with van der Waals surface area (Å²) in [6.45, 7) is 0. The van der Waals surface area contributed by atoms with Crippen LogP contribution in [0, 0.1) is 5.82 Å². The molecule has 0 aliphatic carbocycles. The average Bonchev–Trinajstić information content (AvgIpc) is 3.63. The number of hydrogen-bond acceptors (Lipinski definition) is 7. The van der Waals surface area contributed by atoms with E-state index in [0.717, 1.165) is 22.6 Å². The predicted molar refractivity (Wildman–Crippen MR) is 130 cm³/mol. The summed E-state index contributed by atoms with van der Waals surface area (Å²) < 4.78 is 25.9. The van der Waals surface area contributed by atoms with Crippen LogP contribution >= 0.6 is 11.8 Å². The number of hydrazone groups is 1. The van der Waals surface area contributed by atoms with Crippen LogP contribution in [0.4, 0.5) is 4.39 Å². The van der Waals surface area contributed by atoms with Crippen LogP contribution in [-0.4, -0.2) is 44.3 Å². The molecule has 1 amide bonds. The van der Waals surface area contributed by atoms with Crippen molar-refractivity contribution in [2.75, 3.05) is 12.9 Å². The van der Waals surface area contributed by atoms with Crippen molar-refractivity contribution in [3.63, 3.8) is 0 Å². The second-order valence-corrected chi connectivity index (χ2v) is 8.85. The van der Waals surface area contributed by atoms with Gasteiger partial charge in [-0.3, -0.25) is 4.79 Å². The third-order valence-electron chi connectivity index (χ3n) is 5.72. The molecule has 2 aromatic carbocycles. The van der Waals surface area contributed by atoms with Gasteiger partial charge in [0, 0.05) is 19.0 Å². The van der Waals surface area contributed by atoms with E-state index in [1.807, 2.05) is 37.4 Å². The summed E-state index contributed by atoms with van der Waals surface area (Å²) in [7, 11) is 3.43. The highest BCUT2D eigenvalue weighted by Gasteiger charge is 2.35. The molecular weight excluding hydrogens is 469 g/mol. The smallest absolute Gasteiger partial charge is 0.253 e. The molecule has 178 valence electrons. The highest BCUT2D eigenvalue weighted by atomic mass is 32.2. The first-order chi connectivity index (χ1) is 17.0. The van der Waals surface area contributed by atoms with Gasteiger partial charge in [0.05, 0.1) is 24.8 Å². The third kappa shape index (κ3) is 4.69. The van der Waals surface area contributed by atoms with Gasteiger partial charge < -0.3 is 13.7 Å². The molecule has 1 atom stereocenters. The first-order valence-corrected chi connectivity index (χ1v) is 11.9. The first kappa shape index (κ1) is 22.9. The lowest BCUT2D eigenvalue weighted by Crippen LogP contribution is -2.28. The average molecular weight is 492 g/mol. The minimum Gasteiger partial charge on any atom is -0.497 e. The largest absolute Gasteiger partial charge is 0.497 e. The van der Waals surface area contributed by atoms with E-state index in [9.17, 15) is 9.18 Å². The molecule has 8 nitrogen and oxygen atoms in total. The van der Waals surface area contributed by atoms with Crippen molar-refractivity contribution in [1.82, 2.24) is 19.8 Å². The van der Waals surface area contributed by atoms with E-state index in [1.165, 1.54) is 28.9 Å². The van der Waals surface area contributed by atoms with Crippen molar-refractivity contribution in [3.05, 3.63) is 84.1 Å². The number of carbonyl (C=O) groups is 1. The summed E-state index contributed by atoms with van der Waals surface area (Å²) >= 11 is 1.27. The number of furan rings is 1. The summed E-state index contributed by atoms with van der Waals surface area (Å²) in [4.78, 5) is 13.3. The molecule has 0 bridgehead atoms. The van der Waals surface area contributed by atoms with Crippen molar-refractivity contribution in [2.45, 2.75) is 17.6 Å². The lowest BCUT2D eigenvalue weighted by atomic mass is 10.0. The zero-order valence-corrected chi connectivity index (χ0v) is 19.9. The summed E-state index contributed by atoms with van der Waals surface area (Å²) in [6.07, 6.45) is 2.13. The Balaban J connectivity index is 1.34. The maximum atomic E-state index is 13.3. The number of methoxy groups -OCH3 is 1. The van der Waals surface area contributed by atoms with E-state index in [4.69, 9.17) is 9.15 Å². The zero-order chi connectivity index (χ0) is 24.4. The van der Waals surface area contributed by atoms with E-state index in [-0.39, 0.29) is 23.5 Å². The first-order valence-electron chi connectivity index (χ1n) is 10.9. The molecule has 3 heterocycles. The fourth-order valence-corrected chi connectivity index (χ4v) is 4.65. The molecule has 10 heteroatoms. The van der Waals surface area contributed by atoms with Gasteiger partial charge in [0.15, 0.2) is 11.0 Å². The Morgan fingerprint density at radius 3 is 2.54 bits per heavy atom. The van der Waals surface area contributed by atoms with Gasteiger partial charge in [0.1, 0.15) is 23.4 Å². The van der Waals surface area contributed by atoms with Gasteiger partial charge in [0.2, 0.25) is 0 Å². The van der Waals surface area contributed by atoms with Crippen LogP contribution in [0.15, 0.2) is 81.6 Å². The van der Waals surface area contributed by atoms with E-state index >= 15 is 0 Å². The van der Waals surface area contributed by atoms with E-state index in [0.29, 0.717) is 23.2 Å². The molecule has 4 aromatic rings. The summed E-state index contributed by atoms with van der Waals surface area (Å²) in [6, 6.07) is 17.0. The summed E-state index contributed by atoms with van der Waals surface area (Å²) in [5, 5.41) is 15.1. The molecule has 1 aliphatic rings. The number of nitrogens with zero attached hydrogens (tertiary/aromatic N) is 5. The second-order valence-electron chi connectivity index (χ2n) is 7.91. The standard InChI is InChI=1S/C25H22FN5O3S/c1-30-24(17-5-9-18(26)10-6-17)27-28-25(30)35-15-23(32)31-21(22-4-3-13-34-22)14-20(29-31)16-7-11-19(33-2)12-8-16/h3-13,21H,14-15H2,1-2H3. The molecule has 0 N–H and O–H groups in total. The lowest BCUT2D eigenvalue weighted by molar-refractivity contribution is -0.130. The number of ether oxygens (including phenoxy) is 1. The Morgan fingerprint density at radius 1 is 1.11 bits per heavy atom. The minimum atomic E-state index is -0.329. The zero-order valence-electron chi connectivity index (χ0n) is 19.1.